The van der Waals surface area contributed by atoms with Crippen molar-refractivity contribution in [3.05, 3.63) is 75.7 Å². The minimum absolute atomic E-state index is 0.0870. The van der Waals surface area contributed by atoms with Crippen LogP contribution in [0.5, 0.6) is 5.75 Å². The zero-order valence-electron chi connectivity index (χ0n) is 16.7. The number of rotatable bonds is 5. The summed E-state index contributed by atoms with van der Waals surface area (Å²) in [7, 11) is 0. The lowest BCUT2D eigenvalue weighted by Gasteiger charge is -2.42. The highest BCUT2D eigenvalue weighted by molar-refractivity contribution is 5.99. The highest BCUT2D eigenvalue weighted by Gasteiger charge is 2.53. The van der Waals surface area contributed by atoms with Crippen LogP contribution < -0.4 is 10.2 Å². The van der Waals surface area contributed by atoms with Gasteiger partial charge in [0.2, 0.25) is 5.43 Å². The van der Waals surface area contributed by atoms with Gasteiger partial charge in [0.05, 0.1) is 12.1 Å². The molecule has 1 fully saturated rings. The van der Waals surface area contributed by atoms with E-state index in [0.717, 1.165) is 12.0 Å². The molecule has 0 N–H and O–H groups in total. The highest BCUT2D eigenvalue weighted by atomic mass is 16.5. The van der Waals surface area contributed by atoms with Crippen molar-refractivity contribution < 1.29 is 19.1 Å². The number of fused-ring (bicyclic) bond motifs is 2. The summed E-state index contributed by atoms with van der Waals surface area (Å²) in [6.07, 6.45) is 6.54. The van der Waals surface area contributed by atoms with E-state index in [9.17, 15) is 14.4 Å². The van der Waals surface area contributed by atoms with E-state index in [-0.39, 0.29) is 36.1 Å². The van der Waals surface area contributed by atoms with Gasteiger partial charge in [-0.25, -0.2) is 4.79 Å². The van der Waals surface area contributed by atoms with E-state index < -0.39 is 16.9 Å². The molecule has 2 bridgehead atoms. The second-order valence-electron chi connectivity index (χ2n) is 8.01. The van der Waals surface area contributed by atoms with Crippen molar-refractivity contribution in [3.8, 4) is 5.75 Å². The summed E-state index contributed by atoms with van der Waals surface area (Å²) in [5.41, 5.74) is -0.0554. The van der Waals surface area contributed by atoms with Crippen LogP contribution in [0.3, 0.4) is 0 Å². The molecule has 7 heteroatoms. The molecule has 1 aliphatic carbocycles. The molecule has 0 radical (unpaired) electrons. The molecule has 3 heterocycles. The molecule has 1 saturated heterocycles. The summed E-state index contributed by atoms with van der Waals surface area (Å²) >= 11 is 0. The third-order valence-corrected chi connectivity index (χ3v) is 6.10. The van der Waals surface area contributed by atoms with Crippen LogP contribution in [-0.4, -0.2) is 40.0 Å². The molecule has 2 atom stereocenters. The van der Waals surface area contributed by atoms with Gasteiger partial charge in [0.15, 0.2) is 11.4 Å². The average Bonchev–Trinajstić information content (AvgIpc) is 3.32. The standard InChI is InChI=1S/C23H22N2O5/c1-2-29-22(28)17-12-24-14-23-9-8-16(10-23)11-25(23)21(27)18(24)20(19(17)26)30-13-15-6-4-3-5-7-15/h3-9,12,16H,2,10-11,13-14H2,1H3/t16?,23-/m0/s1. The Morgan fingerprint density at radius 1 is 1.23 bits per heavy atom. The minimum Gasteiger partial charge on any atom is -0.483 e. The quantitative estimate of drug-likeness (QED) is 0.563. The van der Waals surface area contributed by atoms with Gasteiger partial charge in [0.1, 0.15) is 12.2 Å². The summed E-state index contributed by atoms with van der Waals surface area (Å²) < 4.78 is 12.7. The number of carbonyl (C=O) groups is 2. The average molecular weight is 406 g/mol. The van der Waals surface area contributed by atoms with Gasteiger partial charge < -0.3 is 18.9 Å². The number of benzene rings is 1. The Bertz CT molecular complexity index is 1120. The number of ether oxygens (including phenoxy) is 2. The topological polar surface area (TPSA) is 77.8 Å². The number of hydrogen-bond acceptors (Lipinski definition) is 5. The van der Waals surface area contributed by atoms with Crippen LogP contribution in [0.4, 0.5) is 0 Å². The zero-order chi connectivity index (χ0) is 20.9. The monoisotopic (exact) mass is 406 g/mol. The summed E-state index contributed by atoms with van der Waals surface area (Å²) in [6.45, 7) is 3.08. The summed E-state index contributed by atoms with van der Waals surface area (Å²) in [4.78, 5) is 40.8. The molecule has 0 saturated carbocycles. The second-order valence-corrected chi connectivity index (χ2v) is 8.01. The van der Waals surface area contributed by atoms with Gasteiger partial charge in [0, 0.05) is 19.3 Å². The van der Waals surface area contributed by atoms with Crippen molar-refractivity contribution in [2.75, 3.05) is 13.2 Å². The molecule has 2 aromatic rings. The van der Waals surface area contributed by atoms with Gasteiger partial charge in [0.25, 0.3) is 5.91 Å². The maximum absolute atomic E-state index is 13.4. The number of nitrogens with zero attached hydrogens (tertiary/aromatic N) is 2. The smallest absolute Gasteiger partial charge is 0.343 e. The highest BCUT2D eigenvalue weighted by Crippen LogP contribution is 2.46. The summed E-state index contributed by atoms with van der Waals surface area (Å²) in [5.74, 6) is -0.700. The normalized spacial score (nSPS) is 23.3. The molecule has 1 aromatic heterocycles. The molecule has 3 aliphatic rings. The van der Waals surface area contributed by atoms with Crippen LogP contribution in [0, 0.1) is 5.92 Å². The Morgan fingerprint density at radius 2 is 2.03 bits per heavy atom. The molecular formula is C23H22N2O5. The van der Waals surface area contributed by atoms with Gasteiger partial charge in [-0.1, -0.05) is 42.5 Å². The fourth-order valence-electron chi connectivity index (χ4n) is 4.76. The lowest BCUT2D eigenvalue weighted by atomic mass is 9.95. The van der Waals surface area contributed by atoms with Crippen LogP contribution in [0.25, 0.3) is 0 Å². The van der Waals surface area contributed by atoms with Crippen LogP contribution in [0.1, 0.15) is 39.8 Å². The van der Waals surface area contributed by atoms with Gasteiger partial charge >= 0.3 is 5.97 Å². The van der Waals surface area contributed by atoms with Crippen molar-refractivity contribution in [1.29, 1.82) is 0 Å². The fraction of sp³-hybridized carbons (Fsp3) is 0.348. The lowest BCUT2D eigenvalue weighted by Crippen LogP contribution is -2.54. The van der Waals surface area contributed by atoms with E-state index in [1.165, 1.54) is 6.20 Å². The molecule has 2 aliphatic heterocycles. The third kappa shape index (κ3) is 2.76. The van der Waals surface area contributed by atoms with Crippen LogP contribution in [-0.2, 0) is 17.9 Å². The maximum Gasteiger partial charge on any atom is 0.343 e. The molecule has 30 heavy (non-hydrogen) atoms. The van der Waals surface area contributed by atoms with Gasteiger partial charge in [-0.2, -0.15) is 0 Å². The van der Waals surface area contributed by atoms with E-state index in [1.54, 1.807) is 11.5 Å². The molecule has 1 aromatic carbocycles. The number of esters is 1. The molecular weight excluding hydrogens is 384 g/mol. The van der Waals surface area contributed by atoms with E-state index in [1.807, 2.05) is 35.2 Å². The van der Waals surface area contributed by atoms with E-state index in [2.05, 4.69) is 12.2 Å². The van der Waals surface area contributed by atoms with Crippen molar-refractivity contribution in [2.45, 2.75) is 32.0 Å². The summed E-state index contributed by atoms with van der Waals surface area (Å²) in [6, 6.07) is 9.39. The number of carbonyl (C=O) groups excluding carboxylic acids is 2. The number of aromatic nitrogens is 1. The SMILES string of the molecule is CCOC(=O)c1cn2c(c(OCc3ccccc3)c1=O)C(=O)N1CC3C=C[C@]1(C3)C2. The maximum atomic E-state index is 13.4. The van der Waals surface area contributed by atoms with Crippen LogP contribution >= 0.6 is 0 Å². The van der Waals surface area contributed by atoms with Crippen molar-refractivity contribution in [1.82, 2.24) is 9.47 Å². The van der Waals surface area contributed by atoms with Crippen molar-refractivity contribution in [3.63, 3.8) is 0 Å². The van der Waals surface area contributed by atoms with E-state index >= 15 is 0 Å². The van der Waals surface area contributed by atoms with Gasteiger partial charge in [-0.3, -0.25) is 9.59 Å². The number of amides is 1. The Balaban J connectivity index is 1.61. The predicted molar refractivity (Wildman–Crippen MR) is 108 cm³/mol. The number of pyridine rings is 1. The molecule has 7 nitrogen and oxygen atoms in total. The van der Waals surface area contributed by atoms with Gasteiger partial charge in [-0.05, 0) is 24.8 Å². The fourth-order valence-corrected chi connectivity index (χ4v) is 4.76. The predicted octanol–water partition coefficient (Wildman–Crippen LogP) is 2.39. The number of hydrogen-bond donors (Lipinski definition) is 0. The largest absolute Gasteiger partial charge is 0.483 e. The zero-order valence-corrected chi connectivity index (χ0v) is 16.7. The van der Waals surface area contributed by atoms with E-state index in [4.69, 9.17) is 9.47 Å². The molecule has 5 rings (SSSR count). The van der Waals surface area contributed by atoms with Gasteiger partial charge in [-0.15, -0.1) is 0 Å². The second kappa shape index (κ2) is 6.86. The molecule has 1 spiro atoms. The van der Waals surface area contributed by atoms with Crippen LogP contribution in [0.2, 0.25) is 0 Å². The first-order valence-electron chi connectivity index (χ1n) is 10.1. The first kappa shape index (κ1) is 18.7. The van der Waals surface area contributed by atoms with Crippen molar-refractivity contribution in [2.24, 2.45) is 5.92 Å². The lowest BCUT2D eigenvalue weighted by molar-refractivity contribution is 0.0502. The first-order valence-corrected chi connectivity index (χ1v) is 10.1. The molecule has 154 valence electrons. The van der Waals surface area contributed by atoms with Crippen molar-refractivity contribution >= 4 is 11.9 Å². The Kier molecular flexibility index (Phi) is 4.27. The summed E-state index contributed by atoms with van der Waals surface area (Å²) in [5, 5.41) is 0. The minimum atomic E-state index is -0.707. The molecule has 1 unspecified atom stereocenters. The Morgan fingerprint density at radius 3 is 2.77 bits per heavy atom. The van der Waals surface area contributed by atoms with Crippen LogP contribution in [0.15, 0.2) is 53.5 Å². The Hall–Kier alpha value is -3.35. The first-order chi connectivity index (χ1) is 14.5. The van der Waals surface area contributed by atoms with E-state index in [0.29, 0.717) is 19.0 Å². The Labute approximate surface area is 173 Å². The third-order valence-electron chi connectivity index (χ3n) is 6.10. The molecule has 1 amide bonds.